The smallest absolute Gasteiger partial charge is 0.237 e. The van der Waals surface area contributed by atoms with Crippen molar-refractivity contribution < 1.29 is 9.53 Å². The first-order chi connectivity index (χ1) is 14.1. The molecule has 0 unspecified atom stereocenters. The molecule has 1 atom stereocenters. The van der Waals surface area contributed by atoms with Crippen LogP contribution >= 0.6 is 11.8 Å². The average molecular weight is 407 g/mol. The number of methoxy groups -OCH3 is 1. The molecule has 2 aromatic carbocycles. The second-order valence-corrected chi connectivity index (χ2v) is 7.71. The monoisotopic (exact) mass is 407 g/mol. The minimum Gasteiger partial charge on any atom is -0.497 e. The maximum atomic E-state index is 12.9. The molecule has 0 aliphatic carbocycles. The molecular weight excluding hydrogens is 386 g/mol. The number of nitrogens with zero attached hydrogens (tertiary/aromatic N) is 4. The number of ether oxygens (including phenoxy) is 1. The molecule has 1 N–H and O–H groups in total. The molecule has 0 aliphatic heterocycles. The summed E-state index contributed by atoms with van der Waals surface area (Å²) >= 11 is 1.39. The number of aromatic nitrogens is 4. The van der Waals surface area contributed by atoms with Crippen molar-refractivity contribution in [3.8, 4) is 5.75 Å². The third-order valence-corrected chi connectivity index (χ3v) is 5.81. The van der Waals surface area contributed by atoms with Gasteiger partial charge in [0.15, 0.2) is 10.8 Å². The fourth-order valence-corrected chi connectivity index (χ4v) is 4.05. The van der Waals surface area contributed by atoms with Crippen LogP contribution in [-0.4, -0.2) is 37.8 Å². The minimum atomic E-state index is -0.331. The van der Waals surface area contributed by atoms with Crippen molar-refractivity contribution in [1.82, 2.24) is 19.6 Å². The van der Waals surface area contributed by atoms with E-state index in [1.54, 1.807) is 17.7 Å². The second kappa shape index (κ2) is 8.08. The summed E-state index contributed by atoms with van der Waals surface area (Å²) in [5.41, 5.74) is 2.28. The molecule has 0 fully saturated rings. The molecule has 148 valence electrons. The van der Waals surface area contributed by atoms with E-state index in [9.17, 15) is 4.79 Å². The largest absolute Gasteiger partial charge is 0.497 e. The van der Waals surface area contributed by atoms with Gasteiger partial charge in [0.25, 0.3) is 0 Å². The molecule has 0 saturated carbocycles. The molecule has 8 heteroatoms. The molecule has 2 heterocycles. The number of carbonyl (C=O) groups is 1. The number of thioether (sulfide) groups is 1. The van der Waals surface area contributed by atoms with Crippen molar-refractivity contribution in [2.75, 3.05) is 12.4 Å². The lowest BCUT2D eigenvalue weighted by atomic mass is 10.2. The van der Waals surface area contributed by atoms with Crippen molar-refractivity contribution in [2.24, 2.45) is 0 Å². The fourth-order valence-electron chi connectivity index (χ4n) is 3.08. The van der Waals surface area contributed by atoms with Gasteiger partial charge in [-0.25, -0.2) is 9.97 Å². The van der Waals surface area contributed by atoms with Gasteiger partial charge in [0, 0.05) is 17.1 Å². The van der Waals surface area contributed by atoms with Gasteiger partial charge in [-0.3, -0.25) is 4.79 Å². The zero-order valence-electron chi connectivity index (χ0n) is 16.4. The average Bonchev–Trinajstić information content (AvgIpc) is 3.14. The van der Waals surface area contributed by atoms with E-state index in [0.29, 0.717) is 28.8 Å². The van der Waals surface area contributed by atoms with Crippen molar-refractivity contribution >= 4 is 39.9 Å². The van der Waals surface area contributed by atoms with Gasteiger partial charge in [0.2, 0.25) is 5.91 Å². The van der Waals surface area contributed by atoms with Gasteiger partial charge in [0.1, 0.15) is 11.6 Å². The van der Waals surface area contributed by atoms with Crippen LogP contribution in [0, 0.1) is 6.92 Å². The molecular formula is C21H21N5O2S. The summed E-state index contributed by atoms with van der Waals surface area (Å²) in [6.07, 6.45) is 0.643. The number of anilines is 1. The minimum absolute atomic E-state index is 0.0919. The van der Waals surface area contributed by atoms with E-state index in [1.165, 1.54) is 11.8 Å². The predicted octanol–water partition coefficient (Wildman–Crippen LogP) is 4.10. The van der Waals surface area contributed by atoms with Crippen molar-refractivity contribution in [3.63, 3.8) is 0 Å². The number of carbonyl (C=O) groups excluding carboxylic acids is 1. The molecule has 0 spiro atoms. The van der Waals surface area contributed by atoms with Crippen LogP contribution in [0.5, 0.6) is 5.75 Å². The quantitative estimate of drug-likeness (QED) is 0.383. The number of aryl methyl sites for hydroxylation is 1. The first kappa shape index (κ1) is 19.2. The summed E-state index contributed by atoms with van der Waals surface area (Å²) in [5.74, 6) is 1.27. The Labute approximate surface area is 172 Å². The maximum absolute atomic E-state index is 12.9. The molecule has 2 aromatic heterocycles. The first-order valence-corrected chi connectivity index (χ1v) is 10.2. The number of amides is 1. The Bertz CT molecular complexity index is 1190. The summed E-state index contributed by atoms with van der Waals surface area (Å²) in [5, 5.41) is 8.71. The zero-order chi connectivity index (χ0) is 20.4. The van der Waals surface area contributed by atoms with Crippen LogP contribution in [0.15, 0.2) is 53.7 Å². The Morgan fingerprint density at radius 1 is 1.21 bits per heavy atom. The van der Waals surface area contributed by atoms with E-state index in [0.717, 1.165) is 16.6 Å². The highest BCUT2D eigenvalue weighted by Crippen LogP contribution is 2.29. The second-order valence-electron chi connectivity index (χ2n) is 6.54. The van der Waals surface area contributed by atoms with Crippen LogP contribution in [0.3, 0.4) is 0 Å². The molecule has 4 aromatic rings. The zero-order valence-corrected chi connectivity index (χ0v) is 17.2. The van der Waals surface area contributed by atoms with Gasteiger partial charge in [-0.05, 0) is 37.6 Å². The molecule has 0 bridgehead atoms. The van der Waals surface area contributed by atoms with Crippen molar-refractivity contribution in [2.45, 2.75) is 30.7 Å². The van der Waals surface area contributed by atoms with E-state index < -0.39 is 0 Å². The Kier molecular flexibility index (Phi) is 5.35. The standard InChI is InChI=1S/C21H21N5O2S/c1-4-18(20(27)23-14-8-7-9-15(12-14)28-3)29-21-24-17-11-6-5-10-16(17)19-22-13(2)25-26(19)21/h5-12,18H,4H2,1-3H3,(H,23,27)/t18-/m0/s1. The summed E-state index contributed by atoms with van der Waals surface area (Å²) in [6.45, 7) is 3.83. The SMILES string of the molecule is CC[C@H](Sc1nc2ccccc2c2nc(C)nn12)C(=O)Nc1cccc(OC)c1. The van der Waals surface area contributed by atoms with E-state index in [4.69, 9.17) is 9.72 Å². The summed E-state index contributed by atoms with van der Waals surface area (Å²) in [6, 6.07) is 15.1. The van der Waals surface area contributed by atoms with Gasteiger partial charge in [-0.15, -0.1) is 5.10 Å². The topological polar surface area (TPSA) is 81.4 Å². The molecule has 1 amide bonds. The third-order valence-electron chi connectivity index (χ3n) is 4.50. The third kappa shape index (κ3) is 3.88. The Morgan fingerprint density at radius 2 is 2.03 bits per heavy atom. The highest BCUT2D eigenvalue weighted by Gasteiger charge is 2.22. The number of rotatable bonds is 6. The van der Waals surface area contributed by atoms with E-state index >= 15 is 0 Å². The molecule has 29 heavy (non-hydrogen) atoms. The van der Waals surface area contributed by atoms with Gasteiger partial charge in [0.05, 0.1) is 17.9 Å². The highest BCUT2D eigenvalue weighted by molar-refractivity contribution is 8.00. The Hall–Kier alpha value is -3.13. The van der Waals surface area contributed by atoms with Crippen LogP contribution in [0.2, 0.25) is 0 Å². The van der Waals surface area contributed by atoms with Crippen LogP contribution in [-0.2, 0) is 4.79 Å². The Balaban J connectivity index is 1.65. The van der Waals surface area contributed by atoms with E-state index in [-0.39, 0.29) is 11.2 Å². The van der Waals surface area contributed by atoms with Crippen LogP contribution in [0.1, 0.15) is 19.2 Å². The maximum Gasteiger partial charge on any atom is 0.237 e. The van der Waals surface area contributed by atoms with Crippen LogP contribution in [0.25, 0.3) is 16.6 Å². The molecule has 4 rings (SSSR count). The van der Waals surface area contributed by atoms with E-state index in [1.807, 2.05) is 56.3 Å². The lowest BCUT2D eigenvalue weighted by molar-refractivity contribution is -0.115. The number of nitrogens with one attached hydrogen (secondary N) is 1. The van der Waals surface area contributed by atoms with Gasteiger partial charge >= 0.3 is 0 Å². The molecule has 7 nitrogen and oxygen atoms in total. The van der Waals surface area contributed by atoms with Gasteiger partial charge < -0.3 is 10.1 Å². The molecule has 0 saturated heterocycles. The van der Waals surface area contributed by atoms with Gasteiger partial charge in [-0.1, -0.05) is 36.9 Å². The van der Waals surface area contributed by atoms with Crippen molar-refractivity contribution in [3.05, 3.63) is 54.4 Å². The van der Waals surface area contributed by atoms with Gasteiger partial charge in [-0.2, -0.15) is 4.52 Å². The summed E-state index contributed by atoms with van der Waals surface area (Å²) < 4.78 is 6.95. The lowest BCUT2D eigenvalue weighted by Gasteiger charge is -2.15. The predicted molar refractivity (Wildman–Crippen MR) is 115 cm³/mol. The number of para-hydroxylation sites is 1. The number of fused-ring (bicyclic) bond motifs is 3. The number of hydrogen-bond donors (Lipinski definition) is 1. The normalized spacial score (nSPS) is 12.2. The Morgan fingerprint density at radius 3 is 2.83 bits per heavy atom. The lowest BCUT2D eigenvalue weighted by Crippen LogP contribution is -2.25. The molecule has 0 aliphatic rings. The number of benzene rings is 2. The highest BCUT2D eigenvalue weighted by atomic mass is 32.2. The van der Waals surface area contributed by atoms with Crippen LogP contribution < -0.4 is 10.1 Å². The molecule has 0 radical (unpaired) electrons. The fraction of sp³-hybridized carbons (Fsp3) is 0.238. The summed E-state index contributed by atoms with van der Waals surface area (Å²) in [7, 11) is 1.60. The number of hydrogen-bond acceptors (Lipinski definition) is 6. The first-order valence-electron chi connectivity index (χ1n) is 9.32. The summed E-state index contributed by atoms with van der Waals surface area (Å²) in [4.78, 5) is 22.2. The van der Waals surface area contributed by atoms with Crippen molar-refractivity contribution in [1.29, 1.82) is 0 Å². The van der Waals surface area contributed by atoms with E-state index in [2.05, 4.69) is 15.4 Å². The van der Waals surface area contributed by atoms with Crippen LogP contribution in [0.4, 0.5) is 5.69 Å².